The number of para-hydroxylation sites is 1. The molecule has 0 unspecified atom stereocenters. The van der Waals surface area contributed by atoms with Crippen LogP contribution < -0.4 is 4.74 Å². The number of rotatable bonds is 9. The molecule has 0 aliphatic heterocycles. The molecule has 0 saturated heterocycles. The summed E-state index contributed by atoms with van der Waals surface area (Å²) in [6.07, 6.45) is 3.78. The van der Waals surface area contributed by atoms with Crippen LogP contribution >= 0.6 is 0 Å². The molecule has 0 atom stereocenters. The Bertz CT molecular complexity index is 2300. The van der Waals surface area contributed by atoms with Crippen molar-refractivity contribution in [1.29, 1.82) is 0 Å². The lowest BCUT2D eigenvalue weighted by molar-refractivity contribution is 0.481. The van der Waals surface area contributed by atoms with Gasteiger partial charge in [0.05, 0.1) is 28.1 Å². The lowest BCUT2D eigenvalue weighted by Crippen LogP contribution is -2.08. The zero-order valence-corrected chi connectivity index (χ0v) is 30.0. The Morgan fingerprint density at radius 3 is 2.20 bits per heavy atom. The molecular weight excluding hydrogens is 601 g/mol. The number of hydrogen-bond donors (Lipinski definition) is 0. The second-order valence-electron chi connectivity index (χ2n) is 14.1. The molecule has 0 saturated carbocycles. The van der Waals surface area contributed by atoms with Crippen LogP contribution in [0, 0.1) is 26.7 Å². The van der Waals surface area contributed by atoms with Crippen LogP contribution in [0.1, 0.15) is 74.2 Å². The lowest BCUT2D eigenvalue weighted by Gasteiger charge is -2.17. The van der Waals surface area contributed by atoms with Crippen LogP contribution in [-0.2, 0) is 12.8 Å². The molecular formula is C44H46N4O. The van der Waals surface area contributed by atoms with Crippen LogP contribution in [0.4, 0.5) is 0 Å². The largest absolute Gasteiger partial charge is 0.457 e. The van der Waals surface area contributed by atoms with Gasteiger partial charge in [0.25, 0.3) is 0 Å². The van der Waals surface area contributed by atoms with E-state index in [1.54, 1.807) is 0 Å². The molecule has 7 aromatic rings. The zero-order valence-electron chi connectivity index (χ0n) is 30.0. The van der Waals surface area contributed by atoms with Crippen molar-refractivity contribution in [2.45, 2.75) is 74.1 Å². The molecule has 0 fully saturated rings. The van der Waals surface area contributed by atoms with E-state index in [1.807, 2.05) is 6.20 Å². The van der Waals surface area contributed by atoms with Crippen LogP contribution in [0.25, 0.3) is 44.4 Å². The fourth-order valence-corrected chi connectivity index (χ4v) is 7.22. The Kier molecular flexibility index (Phi) is 8.62. The summed E-state index contributed by atoms with van der Waals surface area (Å²) in [7, 11) is 0. The molecule has 0 spiro atoms. The standard InChI is InChI=1S/C44H46N4O/c1-9-32-19-20-45-42(22-32)47-39-16-11-10-15-37(39)38-18-17-35(26-40(38)47)49-36-24-33(28(4)5)23-34(25-36)48-41(21-27(2)3)44(31(8)46-48)43-29(6)13-12-14-30(43)7/h10-20,22-28H,9,21H2,1-8H3. The third kappa shape index (κ3) is 6.03. The summed E-state index contributed by atoms with van der Waals surface area (Å²) < 4.78 is 11.2. The van der Waals surface area contributed by atoms with Crippen LogP contribution in [0.5, 0.6) is 11.5 Å². The Morgan fingerprint density at radius 1 is 0.714 bits per heavy atom. The highest BCUT2D eigenvalue weighted by Gasteiger charge is 2.23. The zero-order chi connectivity index (χ0) is 34.4. The summed E-state index contributed by atoms with van der Waals surface area (Å²) in [5, 5.41) is 7.59. The van der Waals surface area contributed by atoms with Crippen molar-refractivity contribution in [2.24, 2.45) is 5.92 Å². The van der Waals surface area contributed by atoms with Crippen molar-refractivity contribution >= 4 is 21.8 Å². The number of pyridine rings is 1. The van der Waals surface area contributed by atoms with Gasteiger partial charge in [-0.2, -0.15) is 5.10 Å². The maximum atomic E-state index is 6.78. The molecule has 49 heavy (non-hydrogen) atoms. The Balaban J connectivity index is 1.37. The minimum atomic E-state index is 0.313. The molecule has 3 heterocycles. The van der Waals surface area contributed by atoms with Crippen LogP contribution in [0.3, 0.4) is 0 Å². The summed E-state index contributed by atoms with van der Waals surface area (Å²) in [4.78, 5) is 4.80. The predicted molar refractivity (Wildman–Crippen MR) is 204 cm³/mol. The van der Waals surface area contributed by atoms with E-state index in [1.165, 1.54) is 49.8 Å². The van der Waals surface area contributed by atoms with Crippen molar-refractivity contribution in [3.05, 3.63) is 131 Å². The average molecular weight is 647 g/mol. The topological polar surface area (TPSA) is 44.9 Å². The van der Waals surface area contributed by atoms with Crippen molar-refractivity contribution in [1.82, 2.24) is 19.3 Å². The van der Waals surface area contributed by atoms with Crippen molar-refractivity contribution in [3.8, 4) is 34.1 Å². The van der Waals surface area contributed by atoms with Gasteiger partial charge in [-0.3, -0.25) is 4.57 Å². The number of aryl methyl sites for hydroxylation is 4. The molecule has 0 radical (unpaired) electrons. The first-order valence-electron chi connectivity index (χ1n) is 17.6. The molecule has 5 heteroatoms. The van der Waals surface area contributed by atoms with Gasteiger partial charge in [-0.15, -0.1) is 0 Å². The maximum absolute atomic E-state index is 6.78. The summed E-state index contributed by atoms with van der Waals surface area (Å²) >= 11 is 0. The van der Waals surface area contributed by atoms with Gasteiger partial charge in [0, 0.05) is 34.7 Å². The average Bonchev–Trinajstić information content (AvgIpc) is 3.58. The quantitative estimate of drug-likeness (QED) is 0.157. The fraction of sp³-hybridized carbons (Fsp3) is 0.273. The van der Waals surface area contributed by atoms with Crippen LogP contribution in [-0.4, -0.2) is 19.3 Å². The van der Waals surface area contributed by atoms with Crippen molar-refractivity contribution < 1.29 is 4.74 Å². The molecule has 248 valence electrons. The minimum Gasteiger partial charge on any atom is -0.457 e. The number of hydrogen-bond acceptors (Lipinski definition) is 3. The van der Waals surface area contributed by atoms with Gasteiger partial charge in [0.2, 0.25) is 0 Å². The van der Waals surface area contributed by atoms with E-state index < -0.39 is 0 Å². The third-order valence-electron chi connectivity index (χ3n) is 9.64. The van der Waals surface area contributed by atoms with Gasteiger partial charge in [0.1, 0.15) is 17.3 Å². The molecule has 0 bridgehead atoms. The van der Waals surface area contributed by atoms with E-state index in [0.717, 1.165) is 52.6 Å². The first kappa shape index (κ1) is 32.4. The summed E-state index contributed by atoms with van der Waals surface area (Å²) in [5.74, 6) is 3.27. The van der Waals surface area contributed by atoms with E-state index in [0.29, 0.717) is 11.8 Å². The Morgan fingerprint density at radius 2 is 1.47 bits per heavy atom. The van der Waals surface area contributed by atoms with E-state index in [9.17, 15) is 0 Å². The summed E-state index contributed by atoms with van der Waals surface area (Å²) in [5.41, 5.74) is 13.1. The number of benzene rings is 4. The van der Waals surface area contributed by atoms with Gasteiger partial charge >= 0.3 is 0 Å². The Hall–Kier alpha value is -5.16. The third-order valence-corrected chi connectivity index (χ3v) is 9.64. The highest BCUT2D eigenvalue weighted by molar-refractivity contribution is 6.09. The maximum Gasteiger partial charge on any atom is 0.137 e. The molecule has 0 amide bonds. The van der Waals surface area contributed by atoms with Crippen molar-refractivity contribution in [3.63, 3.8) is 0 Å². The Labute approximate surface area is 290 Å². The number of aromatic nitrogens is 4. The van der Waals surface area contributed by atoms with Gasteiger partial charge in [-0.25, -0.2) is 9.67 Å². The van der Waals surface area contributed by atoms with Crippen LogP contribution in [0.2, 0.25) is 0 Å². The predicted octanol–water partition coefficient (Wildman–Crippen LogP) is 11.6. The highest BCUT2D eigenvalue weighted by Crippen LogP contribution is 2.38. The van der Waals surface area contributed by atoms with Gasteiger partial charge in [0.15, 0.2) is 0 Å². The normalized spacial score (nSPS) is 11.8. The van der Waals surface area contributed by atoms with E-state index in [-0.39, 0.29) is 0 Å². The second kappa shape index (κ2) is 13.0. The molecule has 4 aromatic carbocycles. The van der Waals surface area contributed by atoms with Crippen LogP contribution in [0.15, 0.2) is 97.2 Å². The molecule has 5 nitrogen and oxygen atoms in total. The van der Waals surface area contributed by atoms with E-state index >= 15 is 0 Å². The van der Waals surface area contributed by atoms with E-state index in [2.05, 4.69) is 156 Å². The lowest BCUT2D eigenvalue weighted by atomic mass is 9.91. The minimum absolute atomic E-state index is 0.313. The SMILES string of the molecule is CCc1ccnc(-n2c3ccccc3c3ccc(Oc4cc(C(C)C)cc(-n5nc(C)c(-c6c(C)cccc6C)c5CC(C)C)c4)cc32)c1. The molecule has 3 aromatic heterocycles. The smallest absolute Gasteiger partial charge is 0.137 e. The molecule has 0 aliphatic carbocycles. The van der Waals surface area contributed by atoms with E-state index in [4.69, 9.17) is 14.8 Å². The second-order valence-corrected chi connectivity index (χ2v) is 14.1. The first-order chi connectivity index (χ1) is 23.6. The summed E-state index contributed by atoms with van der Waals surface area (Å²) in [6.45, 7) is 17.8. The van der Waals surface area contributed by atoms with Crippen molar-refractivity contribution in [2.75, 3.05) is 0 Å². The number of nitrogens with zero attached hydrogens (tertiary/aromatic N) is 4. The van der Waals surface area contributed by atoms with Gasteiger partial charge < -0.3 is 4.74 Å². The number of ether oxygens (including phenoxy) is 1. The molecule has 7 rings (SSSR count). The van der Waals surface area contributed by atoms with Gasteiger partial charge in [-0.1, -0.05) is 71.0 Å². The van der Waals surface area contributed by atoms with Gasteiger partial charge in [-0.05, 0) is 116 Å². The fourth-order valence-electron chi connectivity index (χ4n) is 7.22. The molecule has 0 N–H and O–H groups in total. The molecule has 0 aliphatic rings. The number of fused-ring (bicyclic) bond motifs is 3. The first-order valence-corrected chi connectivity index (χ1v) is 17.6. The summed E-state index contributed by atoms with van der Waals surface area (Å²) in [6, 6.07) is 32.4. The highest BCUT2D eigenvalue weighted by atomic mass is 16.5. The monoisotopic (exact) mass is 646 g/mol.